The number of fused-ring (bicyclic) bond motifs is 2. The number of hydrazine groups is 1. The van der Waals surface area contributed by atoms with Gasteiger partial charge >= 0.3 is 11.8 Å². The van der Waals surface area contributed by atoms with E-state index in [1.54, 1.807) is 24.3 Å². The summed E-state index contributed by atoms with van der Waals surface area (Å²) in [6, 6.07) is 17.8. The summed E-state index contributed by atoms with van der Waals surface area (Å²) in [6.45, 7) is 3.69. The Hall–Kier alpha value is -4.33. The normalized spacial score (nSPS) is 11.0. The highest BCUT2D eigenvalue weighted by molar-refractivity contribution is 5.97. The van der Waals surface area contributed by atoms with Gasteiger partial charge in [-0.1, -0.05) is 43.0 Å². The molecule has 4 aromatic rings. The number of allylic oxidation sites excluding steroid dienone is 1. The molecule has 0 atom stereocenters. The van der Waals surface area contributed by atoms with E-state index in [1.165, 1.54) is 6.21 Å². The zero-order valence-electron chi connectivity index (χ0n) is 15.1. The summed E-state index contributed by atoms with van der Waals surface area (Å²) in [6.07, 6.45) is 1.25. The number of carbonyl (C=O) groups is 2. The summed E-state index contributed by atoms with van der Waals surface area (Å²) in [4.78, 5) is 24.2. The van der Waals surface area contributed by atoms with E-state index in [9.17, 15) is 9.59 Å². The van der Waals surface area contributed by atoms with Gasteiger partial charge in [-0.15, -0.1) is 0 Å². The summed E-state index contributed by atoms with van der Waals surface area (Å²) >= 11 is 0. The minimum atomic E-state index is -0.503. The third-order valence-corrected chi connectivity index (χ3v) is 4.02. The molecule has 0 fully saturated rings. The van der Waals surface area contributed by atoms with Gasteiger partial charge in [0.1, 0.15) is 11.2 Å². The molecular formula is C21H16N4O4. The van der Waals surface area contributed by atoms with Gasteiger partial charge < -0.3 is 8.83 Å². The molecular weight excluding hydrogens is 372 g/mol. The lowest BCUT2D eigenvalue weighted by Crippen LogP contribution is -2.36. The molecule has 0 saturated carbocycles. The molecule has 2 aromatic heterocycles. The first-order chi connectivity index (χ1) is 14.1. The number of furan rings is 2. The van der Waals surface area contributed by atoms with Gasteiger partial charge in [-0.25, -0.2) is 5.43 Å². The molecule has 0 radical (unpaired) electrons. The van der Waals surface area contributed by atoms with Crippen molar-refractivity contribution in [2.45, 2.75) is 0 Å². The fraction of sp³-hybridized carbons (Fsp3) is 0. The number of amides is 2. The smallest absolute Gasteiger partial charge is 0.307 e. The van der Waals surface area contributed by atoms with Crippen molar-refractivity contribution in [3.05, 3.63) is 84.5 Å². The Labute approximate surface area is 164 Å². The number of hydrogen-bond acceptors (Lipinski definition) is 6. The number of hydrazone groups is 1. The number of rotatable bonds is 6. The monoisotopic (exact) mass is 388 g/mol. The highest BCUT2D eigenvalue weighted by Crippen LogP contribution is 2.19. The molecule has 0 aliphatic carbocycles. The Morgan fingerprint density at radius 3 is 1.97 bits per heavy atom. The maximum absolute atomic E-state index is 12.1. The van der Waals surface area contributed by atoms with Gasteiger partial charge in [-0.2, -0.15) is 5.10 Å². The molecule has 144 valence electrons. The van der Waals surface area contributed by atoms with Crippen LogP contribution in [0.4, 0.5) is 0 Å². The van der Waals surface area contributed by atoms with Crippen LogP contribution in [0.15, 0.2) is 86.9 Å². The van der Waals surface area contributed by atoms with E-state index in [-0.39, 0.29) is 17.2 Å². The Bertz CT molecular complexity index is 1190. The van der Waals surface area contributed by atoms with Gasteiger partial charge in [0.05, 0.1) is 11.9 Å². The van der Waals surface area contributed by atoms with E-state index in [2.05, 4.69) is 28.0 Å². The minimum absolute atomic E-state index is 0.139. The lowest BCUT2D eigenvalue weighted by Gasteiger charge is -2.05. The first-order valence-electron chi connectivity index (χ1n) is 8.66. The van der Waals surface area contributed by atoms with Crippen molar-refractivity contribution in [3.63, 3.8) is 0 Å². The van der Waals surface area contributed by atoms with Crippen LogP contribution in [0, 0.1) is 0 Å². The second-order valence-corrected chi connectivity index (χ2v) is 6.10. The van der Waals surface area contributed by atoms with Crippen molar-refractivity contribution < 1.29 is 18.4 Å². The SMILES string of the molecule is C=C(/C=N\NC(=O)c1cc2ccccc2o1)NNC(=O)c1cc2ccccc2o1. The lowest BCUT2D eigenvalue weighted by molar-refractivity contribution is 0.0910. The predicted molar refractivity (Wildman–Crippen MR) is 108 cm³/mol. The molecule has 8 heteroatoms. The van der Waals surface area contributed by atoms with E-state index in [0.29, 0.717) is 11.2 Å². The Balaban J connectivity index is 1.29. The van der Waals surface area contributed by atoms with Gasteiger partial charge in [-0.3, -0.25) is 20.4 Å². The molecule has 0 aliphatic rings. The third-order valence-electron chi connectivity index (χ3n) is 4.02. The van der Waals surface area contributed by atoms with Crippen LogP contribution < -0.4 is 16.3 Å². The quantitative estimate of drug-likeness (QED) is 0.347. The van der Waals surface area contributed by atoms with Crippen LogP contribution in [0.2, 0.25) is 0 Å². The number of para-hydroxylation sites is 2. The molecule has 4 rings (SSSR count). The zero-order chi connectivity index (χ0) is 20.2. The average Bonchev–Trinajstić information content (AvgIpc) is 3.36. The second-order valence-electron chi connectivity index (χ2n) is 6.10. The third kappa shape index (κ3) is 4.01. The number of nitrogens with one attached hydrogen (secondary N) is 3. The fourth-order valence-corrected chi connectivity index (χ4v) is 2.64. The molecule has 0 saturated heterocycles. The van der Waals surface area contributed by atoms with E-state index in [0.717, 1.165) is 10.8 Å². The van der Waals surface area contributed by atoms with Crippen LogP contribution >= 0.6 is 0 Å². The number of benzene rings is 2. The summed E-state index contributed by atoms with van der Waals surface area (Å²) in [5.74, 6) is -0.680. The van der Waals surface area contributed by atoms with Crippen LogP contribution in [0.1, 0.15) is 21.1 Å². The van der Waals surface area contributed by atoms with Crippen LogP contribution in [0.3, 0.4) is 0 Å². The van der Waals surface area contributed by atoms with E-state index in [4.69, 9.17) is 8.83 Å². The van der Waals surface area contributed by atoms with Gasteiger partial charge in [0.2, 0.25) is 0 Å². The van der Waals surface area contributed by atoms with Crippen molar-refractivity contribution in [2.24, 2.45) is 5.10 Å². The van der Waals surface area contributed by atoms with Crippen molar-refractivity contribution in [1.29, 1.82) is 0 Å². The van der Waals surface area contributed by atoms with Crippen molar-refractivity contribution in [3.8, 4) is 0 Å². The Morgan fingerprint density at radius 1 is 0.828 bits per heavy atom. The van der Waals surface area contributed by atoms with Gasteiger partial charge in [0, 0.05) is 10.8 Å². The van der Waals surface area contributed by atoms with E-state index < -0.39 is 11.8 Å². The summed E-state index contributed by atoms with van der Waals surface area (Å²) in [7, 11) is 0. The molecule has 0 bridgehead atoms. The zero-order valence-corrected chi connectivity index (χ0v) is 15.1. The molecule has 2 amide bonds. The minimum Gasteiger partial charge on any atom is -0.451 e. The van der Waals surface area contributed by atoms with Crippen molar-refractivity contribution in [2.75, 3.05) is 0 Å². The molecule has 2 heterocycles. The fourth-order valence-electron chi connectivity index (χ4n) is 2.64. The maximum atomic E-state index is 12.1. The molecule has 0 spiro atoms. The van der Waals surface area contributed by atoms with E-state index >= 15 is 0 Å². The number of carbonyl (C=O) groups excluding carboxylic acids is 2. The maximum Gasteiger partial charge on any atom is 0.307 e. The van der Waals surface area contributed by atoms with Crippen LogP contribution in [0.5, 0.6) is 0 Å². The lowest BCUT2D eigenvalue weighted by atomic mass is 10.2. The topological polar surface area (TPSA) is 109 Å². The second kappa shape index (κ2) is 7.73. The number of nitrogens with zero attached hydrogens (tertiary/aromatic N) is 1. The number of hydrogen-bond donors (Lipinski definition) is 3. The van der Waals surface area contributed by atoms with Gasteiger partial charge in [-0.05, 0) is 24.3 Å². The molecule has 2 aromatic carbocycles. The highest BCUT2D eigenvalue weighted by Gasteiger charge is 2.12. The van der Waals surface area contributed by atoms with E-state index in [1.807, 2.05) is 36.4 Å². The molecule has 3 N–H and O–H groups in total. The molecule has 29 heavy (non-hydrogen) atoms. The van der Waals surface area contributed by atoms with Crippen LogP contribution in [-0.4, -0.2) is 18.0 Å². The largest absolute Gasteiger partial charge is 0.451 e. The van der Waals surface area contributed by atoms with Gasteiger partial charge in [0.25, 0.3) is 0 Å². The van der Waals surface area contributed by atoms with Crippen LogP contribution in [0.25, 0.3) is 21.9 Å². The molecule has 0 unspecified atom stereocenters. The molecule has 8 nitrogen and oxygen atoms in total. The Morgan fingerprint density at radius 2 is 1.38 bits per heavy atom. The summed E-state index contributed by atoms with van der Waals surface area (Å²) in [5, 5.41) is 5.43. The summed E-state index contributed by atoms with van der Waals surface area (Å²) in [5.41, 5.74) is 8.84. The highest BCUT2D eigenvalue weighted by atomic mass is 16.4. The predicted octanol–water partition coefficient (Wildman–Crippen LogP) is 3.34. The Kier molecular flexibility index (Phi) is 4.81. The standard InChI is InChI=1S/C21H16N4O4/c1-13(23-25-21(27)19-11-15-7-3-5-9-17(15)29-19)12-22-24-20(26)18-10-14-6-2-4-8-16(14)28-18/h2-12,23H,1H2,(H,24,26)(H,25,27)/b22-12-. The van der Waals surface area contributed by atoms with Crippen molar-refractivity contribution >= 4 is 40.0 Å². The first kappa shape index (κ1) is 18.1. The average molecular weight is 388 g/mol. The van der Waals surface area contributed by atoms with Gasteiger partial charge in [0.15, 0.2) is 11.5 Å². The van der Waals surface area contributed by atoms with Crippen molar-refractivity contribution in [1.82, 2.24) is 16.3 Å². The summed E-state index contributed by atoms with van der Waals surface area (Å²) < 4.78 is 10.9. The van der Waals surface area contributed by atoms with Crippen LogP contribution in [-0.2, 0) is 0 Å². The molecule has 0 aliphatic heterocycles. The first-order valence-corrected chi connectivity index (χ1v) is 8.66.